The topological polar surface area (TPSA) is 61.8 Å². The summed E-state index contributed by atoms with van der Waals surface area (Å²) < 4.78 is 17.9. The van der Waals surface area contributed by atoms with Crippen molar-refractivity contribution < 1.29 is 23.8 Å². The van der Waals surface area contributed by atoms with Crippen LogP contribution in [-0.2, 0) is 20.7 Å². The summed E-state index contributed by atoms with van der Waals surface area (Å²) in [4.78, 5) is 27.1. The van der Waals surface area contributed by atoms with Gasteiger partial charge in [-0.05, 0) is 106 Å². The minimum Gasteiger partial charge on any atom is -0.493 e. The zero-order valence-corrected chi connectivity index (χ0v) is 27.0. The molecule has 0 spiro atoms. The van der Waals surface area contributed by atoms with Crippen molar-refractivity contribution in [2.75, 3.05) is 20.3 Å². The van der Waals surface area contributed by atoms with Crippen LogP contribution in [0, 0.1) is 16.7 Å². The molecule has 4 rings (SSSR count). The van der Waals surface area contributed by atoms with E-state index in [-0.39, 0.29) is 41.3 Å². The first-order chi connectivity index (χ1) is 20.0. The first kappa shape index (κ1) is 32.3. The standard InChI is InChI=1S/C37H52O5/c1-8-41-33-19-29(20-34(42-9-2)35(33)28-15-16-28)25(3)31(17-18-36(5,6)21-27-13-11-10-12-14-27)32(39)24-37(26(4)38)22-30(23-37)40-7/h10-14,19-20,25,28,30-31H,8-9,15-18,21-24H2,1-7H3/t25-,30?,31?,37?/m1/s1. The number of rotatable bonds is 17. The smallest absolute Gasteiger partial charge is 0.137 e. The van der Waals surface area contributed by atoms with E-state index in [4.69, 9.17) is 14.2 Å². The quantitative estimate of drug-likeness (QED) is 0.189. The molecule has 5 heteroatoms. The Morgan fingerprint density at radius 2 is 1.60 bits per heavy atom. The van der Waals surface area contributed by atoms with E-state index in [1.807, 2.05) is 19.9 Å². The molecule has 1 unspecified atom stereocenters. The summed E-state index contributed by atoms with van der Waals surface area (Å²) in [5, 5.41) is 0. The zero-order chi connectivity index (χ0) is 30.5. The van der Waals surface area contributed by atoms with E-state index in [9.17, 15) is 9.59 Å². The maximum atomic E-state index is 14.3. The van der Waals surface area contributed by atoms with Gasteiger partial charge in [0.2, 0.25) is 0 Å². The molecule has 5 nitrogen and oxygen atoms in total. The molecule has 2 aromatic rings. The predicted octanol–water partition coefficient (Wildman–Crippen LogP) is 8.47. The first-order valence-electron chi connectivity index (χ1n) is 16.1. The highest BCUT2D eigenvalue weighted by Crippen LogP contribution is 2.51. The molecule has 0 saturated heterocycles. The third kappa shape index (κ3) is 7.64. The van der Waals surface area contributed by atoms with Crippen LogP contribution in [0.4, 0.5) is 0 Å². The molecule has 0 amide bonds. The van der Waals surface area contributed by atoms with Gasteiger partial charge in [0.15, 0.2) is 0 Å². The predicted molar refractivity (Wildman–Crippen MR) is 169 cm³/mol. The van der Waals surface area contributed by atoms with Crippen LogP contribution in [0.3, 0.4) is 0 Å². The fourth-order valence-electron chi connectivity index (χ4n) is 6.91. The summed E-state index contributed by atoms with van der Waals surface area (Å²) in [7, 11) is 1.69. The van der Waals surface area contributed by atoms with Crippen LogP contribution in [0.25, 0.3) is 0 Å². The molecular weight excluding hydrogens is 524 g/mol. The van der Waals surface area contributed by atoms with Crippen LogP contribution >= 0.6 is 0 Å². The molecule has 2 aliphatic rings. The molecule has 2 aliphatic carbocycles. The maximum absolute atomic E-state index is 14.3. The van der Waals surface area contributed by atoms with E-state index >= 15 is 0 Å². The molecule has 230 valence electrons. The SMILES string of the molecule is CCOc1cc([C@@H](C)C(CCC(C)(C)Cc2ccccc2)C(=O)CC2(C(C)=O)CC(OC)C2)cc(OCC)c1C1CC1. The highest BCUT2D eigenvalue weighted by atomic mass is 16.5. The number of benzene rings is 2. The Hall–Kier alpha value is -2.66. The van der Waals surface area contributed by atoms with Crippen LogP contribution in [0.5, 0.6) is 11.5 Å². The number of ketones is 2. The van der Waals surface area contributed by atoms with Gasteiger partial charge in [0.05, 0.1) is 19.3 Å². The molecule has 42 heavy (non-hydrogen) atoms. The fourth-order valence-corrected chi connectivity index (χ4v) is 6.91. The van der Waals surface area contributed by atoms with Crippen LogP contribution in [0.15, 0.2) is 42.5 Å². The van der Waals surface area contributed by atoms with Crippen molar-refractivity contribution in [3.8, 4) is 11.5 Å². The lowest BCUT2D eigenvalue weighted by atomic mass is 9.60. The van der Waals surface area contributed by atoms with Gasteiger partial charge < -0.3 is 14.2 Å². The summed E-state index contributed by atoms with van der Waals surface area (Å²) in [6, 6.07) is 14.9. The van der Waals surface area contributed by atoms with Crippen molar-refractivity contribution in [3.63, 3.8) is 0 Å². The number of Topliss-reactive ketones (excluding diaryl/α,β-unsaturated/α-hetero) is 2. The van der Waals surface area contributed by atoms with E-state index in [0.29, 0.717) is 32.0 Å². The van der Waals surface area contributed by atoms with Crippen molar-refractivity contribution in [2.45, 2.75) is 111 Å². The average molecular weight is 577 g/mol. The van der Waals surface area contributed by atoms with Crippen molar-refractivity contribution in [2.24, 2.45) is 16.7 Å². The second-order valence-corrected chi connectivity index (χ2v) is 13.6. The molecule has 2 aromatic carbocycles. The summed E-state index contributed by atoms with van der Waals surface area (Å²) in [6.45, 7) is 13.6. The number of hydrogen-bond donors (Lipinski definition) is 0. The van der Waals surface area contributed by atoms with Crippen molar-refractivity contribution in [3.05, 3.63) is 59.2 Å². The van der Waals surface area contributed by atoms with Crippen LogP contribution in [0.1, 0.15) is 115 Å². The highest BCUT2D eigenvalue weighted by molar-refractivity contribution is 5.92. The minimum atomic E-state index is -0.599. The Balaban J connectivity index is 1.64. The Morgan fingerprint density at radius 1 is 1.00 bits per heavy atom. The number of carbonyl (C=O) groups excluding carboxylic acids is 2. The van der Waals surface area contributed by atoms with Crippen LogP contribution in [0.2, 0.25) is 0 Å². The molecule has 2 atom stereocenters. The lowest BCUT2D eigenvalue weighted by molar-refractivity contribution is -0.149. The molecule has 0 aliphatic heterocycles. The molecule has 0 N–H and O–H groups in total. The van der Waals surface area contributed by atoms with Gasteiger partial charge in [0.1, 0.15) is 23.1 Å². The second kappa shape index (κ2) is 13.8. The Labute approximate surface area is 253 Å². The monoisotopic (exact) mass is 576 g/mol. The fraction of sp³-hybridized carbons (Fsp3) is 0.622. The number of carbonyl (C=O) groups is 2. The largest absolute Gasteiger partial charge is 0.493 e. The third-order valence-electron chi connectivity index (χ3n) is 9.74. The molecular formula is C37H52O5. The lowest BCUT2D eigenvalue weighted by Gasteiger charge is -2.45. The second-order valence-electron chi connectivity index (χ2n) is 13.6. The van der Waals surface area contributed by atoms with E-state index < -0.39 is 5.41 Å². The van der Waals surface area contributed by atoms with Gasteiger partial charge in [-0.1, -0.05) is 51.1 Å². The molecule has 2 saturated carbocycles. The van der Waals surface area contributed by atoms with Gasteiger partial charge in [-0.15, -0.1) is 0 Å². The highest BCUT2D eigenvalue weighted by Gasteiger charge is 2.50. The van der Waals surface area contributed by atoms with Crippen LogP contribution < -0.4 is 9.47 Å². The van der Waals surface area contributed by atoms with Gasteiger partial charge in [0.25, 0.3) is 0 Å². The number of hydrogen-bond acceptors (Lipinski definition) is 5. The molecule has 2 fully saturated rings. The molecule has 0 aromatic heterocycles. The van der Waals surface area contributed by atoms with Gasteiger partial charge >= 0.3 is 0 Å². The van der Waals surface area contributed by atoms with Crippen molar-refractivity contribution in [1.82, 2.24) is 0 Å². The van der Waals surface area contributed by atoms with E-state index in [0.717, 1.165) is 49.2 Å². The van der Waals surface area contributed by atoms with Gasteiger partial charge in [-0.25, -0.2) is 0 Å². The molecule has 0 radical (unpaired) electrons. The summed E-state index contributed by atoms with van der Waals surface area (Å²) in [6.07, 6.45) is 6.54. The number of ether oxygens (including phenoxy) is 3. The summed E-state index contributed by atoms with van der Waals surface area (Å²) in [5.74, 6) is 2.30. The maximum Gasteiger partial charge on any atom is 0.137 e. The van der Waals surface area contributed by atoms with Gasteiger partial charge in [0, 0.05) is 30.4 Å². The Morgan fingerprint density at radius 3 is 2.10 bits per heavy atom. The number of methoxy groups -OCH3 is 1. The average Bonchev–Trinajstić information content (AvgIpc) is 3.76. The summed E-state index contributed by atoms with van der Waals surface area (Å²) >= 11 is 0. The van der Waals surface area contributed by atoms with E-state index in [1.54, 1.807) is 14.0 Å². The lowest BCUT2D eigenvalue weighted by Crippen LogP contribution is -2.49. The zero-order valence-electron chi connectivity index (χ0n) is 27.0. The van der Waals surface area contributed by atoms with E-state index in [2.05, 4.69) is 57.2 Å². The van der Waals surface area contributed by atoms with Gasteiger partial charge in [-0.2, -0.15) is 0 Å². The van der Waals surface area contributed by atoms with Crippen LogP contribution in [-0.4, -0.2) is 38.0 Å². The Kier molecular flexibility index (Phi) is 10.6. The molecule has 0 bridgehead atoms. The van der Waals surface area contributed by atoms with Gasteiger partial charge in [-0.3, -0.25) is 9.59 Å². The van der Waals surface area contributed by atoms with Crippen molar-refractivity contribution >= 4 is 11.6 Å². The minimum absolute atomic E-state index is 0.0261. The normalized spacial score (nSPS) is 21.7. The van der Waals surface area contributed by atoms with E-state index in [1.165, 1.54) is 11.1 Å². The van der Waals surface area contributed by atoms with Crippen molar-refractivity contribution in [1.29, 1.82) is 0 Å². The first-order valence-corrected chi connectivity index (χ1v) is 16.1. The third-order valence-corrected chi connectivity index (χ3v) is 9.74. The molecule has 0 heterocycles. The Bertz CT molecular complexity index is 1180. The summed E-state index contributed by atoms with van der Waals surface area (Å²) in [5.41, 5.74) is 2.99.